The molecule has 0 radical (unpaired) electrons. The van der Waals surface area contributed by atoms with Crippen molar-refractivity contribution < 1.29 is 14.5 Å². The van der Waals surface area contributed by atoms with Crippen LogP contribution in [0, 0.1) is 17.0 Å². The molecule has 3 aromatic rings. The molecule has 27 heavy (non-hydrogen) atoms. The number of nitrogens with one attached hydrogen (secondary N) is 1. The number of aromatic amines is 1. The summed E-state index contributed by atoms with van der Waals surface area (Å²) in [6.45, 7) is 3.25. The molecular formula is C20H19N3O4. The third-order valence-electron chi connectivity index (χ3n) is 5.14. The molecule has 0 bridgehead atoms. The predicted octanol–water partition coefficient (Wildman–Crippen LogP) is 3.73. The molecule has 0 saturated heterocycles. The zero-order valence-electron chi connectivity index (χ0n) is 15.1. The highest BCUT2D eigenvalue weighted by Gasteiger charge is 2.23. The van der Waals surface area contributed by atoms with E-state index in [1.54, 1.807) is 25.1 Å². The Morgan fingerprint density at radius 1 is 1.26 bits per heavy atom. The third-order valence-corrected chi connectivity index (χ3v) is 5.14. The van der Waals surface area contributed by atoms with Crippen molar-refractivity contribution in [2.45, 2.75) is 19.9 Å². The minimum Gasteiger partial charge on any atom is -0.465 e. The van der Waals surface area contributed by atoms with Crippen LogP contribution in [0.3, 0.4) is 0 Å². The van der Waals surface area contributed by atoms with E-state index in [0.717, 1.165) is 35.1 Å². The SMILES string of the molecule is COC(=O)c1ccc2[nH]c3c(c2c1)CN(c1ccc([N+](=O)[O-])c(C)c1)CC3. The molecule has 0 unspecified atom stereocenters. The maximum atomic E-state index is 11.9. The number of methoxy groups -OCH3 is 1. The highest BCUT2D eigenvalue weighted by atomic mass is 16.6. The Hall–Kier alpha value is -3.35. The number of H-pyrrole nitrogens is 1. The molecular weight excluding hydrogens is 346 g/mol. The van der Waals surface area contributed by atoms with Gasteiger partial charge in [-0.3, -0.25) is 10.1 Å². The molecule has 1 N–H and O–H groups in total. The van der Waals surface area contributed by atoms with Crippen LogP contribution in [-0.2, 0) is 17.7 Å². The number of anilines is 1. The molecule has 1 aliphatic heterocycles. The topological polar surface area (TPSA) is 88.5 Å². The van der Waals surface area contributed by atoms with Gasteiger partial charge in [-0.05, 0) is 37.3 Å². The fourth-order valence-corrected chi connectivity index (χ4v) is 3.72. The van der Waals surface area contributed by atoms with Crippen molar-refractivity contribution in [2.75, 3.05) is 18.6 Å². The maximum absolute atomic E-state index is 11.9. The van der Waals surface area contributed by atoms with Gasteiger partial charge in [-0.2, -0.15) is 0 Å². The zero-order chi connectivity index (χ0) is 19.1. The highest BCUT2D eigenvalue weighted by Crippen LogP contribution is 2.32. The lowest BCUT2D eigenvalue weighted by molar-refractivity contribution is -0.385. The Bertz CT molecular complexity index is 1070. The molecule has 138 valence electrons. The van der Waals surface area contributed by atoms with Crippen molar-refractivity contribution in [3.05, 3.63) is 68.9 Å². The molecule has 2 aromatic carbocycles. The first-order chi connectivity index (χ1) is 13.0. The average molecular weight is 365 g/mol. The molecule has 0 saturated carbocycles. The second-order valence-electron chi connectivity index (χ2n) is 6.73. The van der Waals surface area contributed by atoms with Gasteiger partial charge in [0.15, 0.2) is 0 Å². The normalized spacial score (nSPS) is 13.5. The smallest absolute Gasteiger partial charge is 0.337 e. The van der Waals surface area contributed by atoms with E-state index in [9.17, 15) is 14.9 Å². The highest BCUT2D eigenvalue weighted by molar-refractivity contribution is 5.96. The number of esters is 1. The fraction of sp³-hybridized carbons (Fsp3) is 0.250. The number of carbonyl (C=O) groups excluding carboxylic acids is 1. The third kappa shape index (κ3) is 2.91. The van der Waals surface area contributed by atoms with Gasteiger partial charge in [-0.1, -0.05) is 0 Å². The van der Waals surface area contributed by atoms with Gasteiger partial charge in [0.25, 0.3) is 5.69 Å². The Kier molecular flexibility index (Phi) is 4.07. The van der Waals surface area contributed by atoms with E-state index >= 15 is 0 Å². The van der Waals surface area contributed by atoms with Crippen molar-refractivity contribution in [3.63, 3.8) is 0 Å². The molecule has 1 aliphatic rings. The maximum Gasteiger partial charge on any atom is 0.337 e. The lowest BCUT2D eigenvalue weighted by atomic mass is 10.0. The van der Waals surface area contributed by atoms with E-state index in [4.69, 9.17) is 4.74 Å². The van der Waals surface area contributed by atoms with Crippen LogP contribution in [0.15, 0.2) is 36.4 Å². The van der Waals surface area contributed by atoms with Gasteiger partial charge in [-0.25, -0.2) is 4.79 Å². The van der Waals surface area contributed by atoms with Gasteiger partial charge in [-0.15, -0.1) is 0 Å². The van der Waals surface area contributed by atoms with Crippen LogP contribution in [0.1, 0.15) is 27.2 Å². The van der Waals surface area contributed by atoms with Gasteiger partial charge < -0.3 is 14.6 Å². The molecule has 4 rings (SSSR count). The van der Waals surface area contributed by atoms with E-state index in [2.05, 4.69) is 9.88 Å². The number of hydrogen-bond acceptors (Lipinski definition) is 5. The standard InChI is InChI=1S/C20H19N3O4/c1-12-9-14(4-6-19(12)23(25)26)22-8-7-18-16(11-22)15-10-13(20(24)27-2)3-5-17(15)21-18/h3-6,9-10,21H,7-8,11H2,1-2H3. The van der Waals surface area contributed by atoms with E-state index in [1.807, 2.05) is 18.2 Å². The van der Waals surface area contributed by atoms with Crippen molar-refractivity contribution in [1.82, 2.24) is 4.98 Å². The van der Waals surface area contributed by atoms with Gasteiger partial charge in [0.05, 0.1) is 17.6 Å². The van der Waals surface area contributed by atoms with Crippen LogP contribution in [-0.4, -0.2) is 29.5 Å². The number of aryl methyl sites for hydroxylation is 1. The molecule has 0 spiro atoms. The van der Waals surface area contributed by atoms with E-state index < -0.39 is 0 Å². The lowest BCUT2D eigenvalue weighted by Crippen LogP contribution is -2.30. The Morgan fingerprint density at radius 2 is 2.07 bits per heavy atom. The minimum absolute atomic E-state index is 0.131. The molecule has 7 nitrogen and oxygen atoms in total. The summed E-state index contributed by atoms with van der Waals surface area (Å²) in [6.07, 6.45) is 0.841. The zero-order valence-corrected chi connectivity index (χ0v) is 15.1. The fourth-order valence-electron chi connectivity index (χ4n) is 3.72. The largest absolute Gasteiger partial charge is 0.465 e. The van der Waals surface area contributed by atoms with Crippen LogP contribution < -0.4 is 4.90 Å². The van der Waals surface area contributed by atoms with Crippen LogP contribution in [0.4, 0.5) is 11.4 Å². The summed E-state index contributed by atoms with van der Waals surface area (Å²) in [4.78, 5) is 28.2. The number of aromatic nitrogens is 1. The predicted molar refractivity (Wildman–Crippen MR) is 102 cm³/mol. The summed E-state index contributed by atoms with van der Waals surface area (Å²) in [7, 11) is 1.37. The summed E-state index contributed by atoms with van der Waals surface area (Å²) < 4.78 is 4.83. The van der Waals surface area contributed by atoms with E-state index in [-0.39, 0.29) is 16.6 Å². The molecule has 7 heteroatoms. The number of rotatable bonds is 3. The van der Waals surface area contributed by atoms with Crippen molar-refractivity contribution in [1.29, 1.82) is 0 Å². The van der Waals surface area contributed by atoms with Crippen LogP contribution in [0.5, 0.6) is 0 Å². The molecule has 0 amide bonds. The second kappa shape index (κ2) is 6.42. The number of nitro groups is 1. The van der Waals surface area contributed by atoms with Crippen molar-refractivity contribution >= 4 is 28.2 Å². The molecule has 1 aromatic heterocycles. The first-order valence-electron chi connectivity index (χ1n) is 8.69. The number of nitro benzene ring substituents is 1. The molecule has 0 fully saturated rings. The number of ether oxygens (including phenoxy) is 1. The first kappa shape index (κ1) is 17.1. The molecule has 2 heterocycles. The number of benzene rings is 2. The van der Waals surface area contributed by atoms with Crippen molar-refractivity contribution in [2.24, 2.45) is 0 Å². The minimum atomic E-state index is -0.360. The summed E-state index contributed by atoms with van der Waals surface area (Å²) in [5, 5.41) is 12.1. The van der Waals surface area contributed by atoms with Gasteiger partial charge >= 0.3 is 5.97 Å². The number of hydrogen-bond donors (Lipinski definition) is 1. The number of carbonyl (C=O) groups is 1. The Balaban J connectivity index is 1.70. The molecule has 0 aliphatic carbocycles. The number of nitrogens with zero attached hydrogens (tertiary/aromatic N) is 2. The van der Waals surface area contributed by atoms with Crippen LogP contribution in [0.2, 0.25) is 0 Å². The summed E-state index contributed by atoms with van der Waals surface area (Å²) in [5.74, 6) is -0.356. The van der Waals surface area contributed by atoms with Gasteiger partial charge in [0.1, 0.15) is 0 Å². The Morgan fingerprint density at radius 3 is 2.78 bits per heavy atom. The van der Waals surface area contributed by atoms with Crippen LogP contribution >= 0.6 is 0 Å². The quantitative estimate of drug-likeness (QED) is 0.434. The van der Waals surface area contributed by atoms with E-state index in [1.165, 1.54) is 12.8 Å². The summed E-state index contributed by atoms with van der Waals surface area (Å²) in [5.41, 5.74) is 5.58. The molecule has 0 atom stereocenters. The van der Waals surface area contributed by atoms with E-state index in [0.29, 0.717) is 17.7 Å². The lowest BCUT2D eigenvalue weighted by Gasteiger charge is -2.29. The Labute approximate surface area is 155 Å². The van der Waals surface area contributed by atoms with Gasteiger partial charge in [0, 0.05) is 59.0 Å². The van der Waals surface area contributed by atoms with Gasteiger partial charge in [0.2, 0.25) is 0 Å². The summed E-state index contributed by atoms with van der Waals surface area (Å²) >= 11 is 0. The summed E-state index contributed by atoms with van der Waals surface area (Å²) in [6, 6.07) is 10.7. The monoisotopic (exact) mass is 365 g/mol. The number of fused-ring (bicyclic) bond motifs is 3. The second-order valence-corrected chi connectivity index (χ2v) is 6.73. The first-order valence-corrected chi connectivity index (χ1v) is 8.69. The average Bonchev–Trinajstić information content (AvgIpc) is 3.04. The van der Waals surface area contributed by atoms with Crippen molar-refractivity contribution in [3.8, 4) is 0 Å². The van der Waals surface area contributed by atoms with Crippen LogP contribution in [0.25, 0.3) is 10.9 Å².